The molecule has 2 aliphatic heterocycles. The van der Waals surface area contributed by atoms with Crippen LogP contribution in [0.5, 0.6) is 5.75 Å². The number of nitriles is 1. The van der Waals surface area contributed by atoms with Gasteiger partial charge in [-0.3, -0.25) is 9.74 Å². The van der Waals surface area contributed by atoms with E-state index in [9.17, 15) is 0 Å². The van der Waals surface area contributed by atoms with Crippen molar-refractivity contribution in [2.45, 2.75) is 65.3 Å². The number of aryl methyl sites for hydroxylation is 1. The minimum absolute atomic E-state index is 0.0961. The van der Waals surface area contributed by atoms with Gasteiger partial charge in [0, 0.05) is 37.9 Å². The molecule has 1 fully saturated rings. The molecule has 2 aliphatic rings. The second-order valence-corrected chi connectivity index (χ2v) is 10.2. The van der Waals surface area contributed by atoms with Crippen molar-refractivity contribution < 1.29 is 9.57 Å². The first kappa shape index (κ1) is 24.5. The lowest BCUT2D eigenvalue weighted by Crippen LogP contribution is -2.29. The van der Waals surface area contributed by atoms with Gasteiger partial charge in [0.15, 0.2) is 0 Å². The summed E-state index contributed by atoms with van der Waals surface area (Å²) < 4.78 is 8.29. The summed E-state index contributed by atoms with van der Waals surface area (Å²) in [5, 5.41) is 13.7. The molecule has 0 amide bonds. The van der Waals surface area contributed by atoms with Gasteiger partial charge in [-0.2, -0.15) is 15.8 Å². The largest absolute Gasteiger partial charge is 0.489 e. The van der Waals surface area contributed by atoms with E-state index in [-0.39, 0.29) is 12.2 Å². The molecule has 3 aromatic rings. The van der Waals surface area contributed by atoms with Gasteiger partial charge in [-0.1, -0.05) is 26.3 Å². The summed E-state index contributed by atoms with van der Waals surface area (Å²) in [6, 6.07) is 14.5. The average Bonchev–Trinajstić information content (AvgIpc) is 3.53. The number of nitrogens with zero attached hydrogens (tertiary/aromatic N) is 4. The molecule has 2 unspecified atom stereocenters. The maximum absolute atomic E-state index is 9.16. The summed E-state index contributed by atoms with van der Waals surface area (Å²) in [5.74, 6) is 1.41. The van der Waals surface area contributed by atoms with Crippen molar-refractivity contribution >= 4 is 0 Å². The van der Waals surface area contributed by atoms with Gasteiger partial charge in [-0.05, 0) is 72.7 Å². The number of hydrogen-bond donors (Lipinski definition) is 1. The van der Waals surface area contributed by atoms with E-state index in [0.29, 0.717) is 18.0 Å². The van der Waals surface area contributed by atoms with Gasteiger partial charge < -0.3 is 4.74 Å². The smallest absolute Gasteiger partial charge is 0.120 e. The van der Waals surface area contributed by atoms with Crippen molar-refractivity contribution in [3.8, 4) is 17.5 Å². The Labute approximate surface area is 213 Å². The summed E-state index contributed by atoms with van der Waals surface area (Å²) in [4.78, 5) is 8.31. The van der Waals surface area contributed by atoms with Crippen LogP contribution in [0.1, 0.15) is 67.0 Å². The normalized spacial score (nSPS) is 20.6. The van der Waals surface area contributed by atoms with E-state index in [1.165, 1.54) is 16.7 Å². The fourth-order valence-electron chi connectivity index (χ4n) is 5.37. The van der Waals surface area contributed by atoms with Crippen molar-refractivity contribution in [3.63, 3.8) is 0 Å². The summed E-state index contributed by atoms with van der Waals surface area (Å²) in [5.41, 5.74) is 9.48. The lowest BCUT2D eigenvalue weighted by atomic mass is 9.90. The monoisotopic (exact) mass is 485 g/mol. The Balaban J connectivity index is 1.18. The third-order valence-electron chi connectivity index (χ3n) is 7.32. The minimum Gasteiger partial charge on any atom is -0.489 e. The van der Waals surface area contributed by atoms with Crippen LogP contribution in [0.2, 0.25) is 0 Å². The number of fused-ring (bicyclic) bond motifs is 1. The molecule has 0 spiro atoms. The summed E-state index contributed by atoms with van der Waals surface area (Å²) in [6.45, 7) is 9.89. The Morgan fingerprint density at radius 3 is 2.97 bits per heavy atom. The molecule has 3 heterocycles. The van der Waals surface area contributed by atoms with Gasteiger partial charge in [-0.15, -0.1) is 0 Å². The molecule has 7 nitrogen and oxygen atoms in total. The van der Waals surface area contributed by atoms with Crippen LogP contribution < -0.4 is 10.2 Å². The molecule has 0 saturated carbocycles. The van der Waals surface area contributed by atoms with Crippen molar-refractivity contribution in [2.75, 3.05) is 13.1 Å². The molecule has 7 heteroatoms. The second kappa shape index (κ2) is 10.8. The third kappa shape index (κ3) is 5.31. The number of rotatable bonds is 8. The van der Waals surface area contributed by atoms with E-state index in [0.717, 1.165) is 55.9 Å². The van der Waals surface area contributed by atoms with E-state index in [1.807, 2.05) is 36.0 Å². The number of likely N-dealkylation sites (tertiary alicyclic amines) is 1. The van der Waals surface area contributed by atoms with E-state index in [2.05, 4.69) is 59.8 Å². The van der Waals surface area contributed by atoms with E-state index < -0.39 is 0 Å². The lowest BCUT2D eigenvalue weighted by molar-refractivity contribution is -0.0710. The summed E-state index contributed by atoms with van der Waals surface area (Å²) >= 11 is 0. The minimum atomic E-state index is 0.0961. The van der Waals surface area contributed by atoms with Gasteiger partial charge >= 0.3 is 0 Å². The molecule has 0 bridgehead atoms. The van der Waals surface area contributed by atoms with Gasteiger partial charge in [-0.25, -0.2) is 4.68 Å². The molecule has 3 atom stereocenters. The Hall–Kier alpha value is -3.18. The Morgan fingerprint density at radius 1 is 1.28 bits per heavy atom. The zero-order chi connectivity index (χ0) is 25.1. The Kier molecular flexibility index (Phi) is 7.38. The molecule has 1 saturated heterocycles. The number of ether oxygens (including phenoxy) is 1. The van der Waals surface area contributed by atoms with Gasteiger partial charge in [0.2, 0.25) is 0 Å². The van der Waals surface area contributed by atoms with Crippen LogP contribution in [0, 0.1) is 24.2 Å². The molecule has 36 heavy (non-hydrogen) atoms. The first-order valence-corrected chi connectivity index (χ1v) is 13.0. The molecule has 1 aromatic heterocycles. The van der Waals surface area contributed by atoms with E-state index in [4.69, 9.17) is 14.8 Å². The molecule has 2 aromatic carbocycles. The van der Waals surface area contributed by atoms with E-state index in [1.54, 1.807) is 0 Å². The number of hydrogen-bond acceptors (Lipinski definition) is 6. The average molecular weight is 486 g/mol. The Bertz CT molecular complexity index is 1250. The van der Waals surface area contributed by atoms with Crippen LogP contribution in [0.15, 0.2) is 48.8 Å². The van der Waals surface area contributed by atoms with Gasteiger partial charge in [0.25, 0.3) is 0 Å². The highest BCUT2D eigenvalue weighted by molar-refractivity contribution is 5.45. The molecule has 1 N–H and O–H groups in total. The molecular weight excluding hydrogens is 450 g/mol. The number of aromatic nitrogens is 2. The number of benzene rings is 2. The molecule has 0 radical (unpaired) electrons. The van der Waals surface area contributed by atoms with Crippen LogP contribution in [-0.2, 0) is 17.9 Å². The zero-order valence-corrected chi connectivity index (χ0v) is 21.4. The molecule has 188 valence electrons. The maximum atomic E-state index is 9.16. The molecule has 5 rings (SSSR count). The fourth-order valence-corrected chi connectivity index (χ4v) is 5.37. The van der Waals surface area contributed by atoms with Crippen molar-refractivity contribution in [1.82, 2.24) is 20.2 Å². The van der Waals surface area contributed by atoms with Crippen molar-refractivity contribution in [3.05, 3.63) is 76.6 Å². The molecule has 0 aliphatic carbocycles. The predicted octanol–water partition coefficient (Wildman–Crippen LogP) is 5.22. The highest BCUT2D eigenvalue weighted by Crippen LogP contribution is 2.35. The highest BCUT2D eigenvalue weighted by Gasteiger charge is 2.28. The summed E-state index contributed by atoms with van der Waals surface area (Å²) in [7, 11) is 0. The zero-order valence-electron chi connectivity index (χ0n) is 21.4. The van der Waals surface area contributed by atoms with Crippen LogP contribution in [0.4, 0.5) is 0 Å². The van der Waals surface area contributed by atoms with Crippen LogP contribution in [0.3, 0.4) is 0 Å². The Morgan fingerprint density at radius 2 is 2.17 bits per heavy atom. The van der Waals surface area contributed by atoms with Crippen molar-refractivity contribution in [2.24, 2.45) is 5.92 Å². The quantitative estimate of drug-likeness (QED) is 0.472. The second-order valence-electron chi connectivity index (χ2n) is 10.2. The number of nitrogens with one attached hydrogen (secondary N) is 1. The SMILES string of the molecule is CCCC(C)C1ONCc2cc(O[C@H]3CCN(Cc4cnn(-c5ccc(C#N)c(C)c5)c4)C3)ccc21. The highest BCUT2D eigenvalue weighted by atomic mass is 16.7. The first-order chi connectivity index (χ1) is 17.5. The standard InChI is InChI=1S/C29H35N5O2/c1-4-5-20(2)29-28-9-8-26(13-24(28)16-32-36-29)35-27-10-11-33(19-27)17-22-15-31-34(18-22)25-7-6-23(14-30)21(3)12-25/h6-9,12-13,15,18,20,27,29,32H,4-5,10-11,16-17,19H2,1-3H3/t20?,27-,29?/m0/s1. The third-order valence-corrected chi connectivity index (χ3v) is 7.32. The topological polar surface area (TPSA) is 75.3 Å². The van der Waals surface area contributed by atoms with Crippen LogP contribution >= 0.6 is 0 Å². The number of hydroxylamine groups is 1. The predicted molar refractivity (Wildman–Crippen MR) is 139 cm³/mol. The van der Waals surface area contributed by atoms with Gasteiger partial charge in [0.05, 0.1) is 23.5 Å². The van der Waals surface area contributed by atoms with Gasteiger partial charge in [0.1, 0.15) is 18.0 Å². The van der Waals surface area contributed by atoms with Crippen LogP contribution in [-0.4, -0.2) is 33.9 Å². The lowest BCUT2D eigenvalue weighted by Gasteiger charge is -2.31. The van der Waals surface area contributed by atoms with E-state index >= 15 is 0 Å². The summed E-state index contributed by atoms with van der Waals surface area (Å²) in [6.07, 6.45) is 7.59. The van der Waals surface area contributed by atoms with Crippen LogP contribution in [0.25, 0.3) is 5.69 Å². The first-order valence-electron chi connectivity index (χ1n) is 13.0. The van der Waals surface area contributed by atoms with Crippen molar-refractivity contribution in [1.29, 1.82) is 5.26 Å². The maximum Gasteiger partial charge on any atom is 0.120 e. The molecular formula is C29H35N5O2. The fraction of sp³-hybridized carbons (Fsp3) is 0.448.